The Morgan fingerprint density at radius 1 is 1.05 bits per heavy atom. The van der Waals surface area contributed by atoms with Crippen molar-refractivity contribution in [3.63, 3.8) is 0 Å². The molecule has 0 aromatic rings. The van der Waals surface area contributed by atoms with E-state index in [-0.39, 0.29) is 0 Å². The van der Waals surface area contributed by atoms with Gasteiger partial charge in [0.25, 0.3) is 0 Å². The van der Waals surface area contributed by atoms with E-state index in [2.05, 4.69) is 37.9 Å². The molecule has 2 fully saturated rings. The maximum absolute atomic E-state index is 3.78. The Bertz CT molecular complexity index is 258. The fourth-order valence-corrected chi connectivity index (χ4v) is 3.82. The lowest BCUT2D eigenvalue weighted by molar-refractivity contribution is 0.0754. The summed E-state index contributed by atoms with van der Waals surface area (Å²) in [4.78, 5) is 2.75. The van der Waals surface area contributed by atoms with Gasteiger partial charge < -0.3 is 10.2 Å². The molecule has 2 unspecified atom stereocenters. The molecule has 1 aliphatic heterocycles. The molecule has 2 rings (SSSR count). The van der Waals surface area contributed by atoms with Gasteiger partial charge in [-0.1, -0.05) is 27.7 Å². The van der Waals surface area contributed by atoms with Crippen molar-refractivity contribution in [3.05, 3.63) is 0 Å². The molecule has 0 aromatic heterocycles. The van der Waals surface area contributed by atoms with Gasteiger partial charge in [-0.25, -0.2) is 0 Å². The highest BCUT2D eigenvalue weighted by Crippen LogP contribution is 2.31. The van der Waals surface area contributed by atoms with Crippen molar-refractivity contribution in [2.75, 3.05) is 26.2 Å². The fourth-order valence-electron chi connectivity index (χ4n) is 3.82. The number of hydrogen-bond acceptors (Lipinski definition) is 2. The lowest BCUT2D eigenvalue weighted by Gasteiger charge is -2.42. The Morgan fingerprint density at radius 2 is 1.63 bits per heavy atom. The molecule has 1 saturated carbocycles. The molecule has 2 atom stereocenters. The number of likely N-dealkylation sites (tertiary alicyclic amines) is 1. The lowest BCUT2D eigenvalue weighted by atomic mass is 9.80. The van der Waals surface area contributed by atoms with Gasteiger partial charge in [0.15, 0.2) is 0 Å². The summed E-state index contributed by atoms with van der Waals surface area (Å²) in [6.07, 6.45) is 6.84. The molecule has 2 heteroatoms. The second-order valence-electron chi connectivity index (χ2n) is 7.50. The van der Waals surface area contributed by atoms with Gasteiger partial charge in [-0.15, -0.1) is 0 Å². The maximum Gasteiger partial charge on any atom is 0.00684 e. The molecule has 2 nitrogen and oxygen atoms in total. The quantitative estimate of drug-likeness (QED) is 0.758. The first kappa shape index (κ1) is 15.3. The molecule has 1 N–H and O–H groups in total. The fraction of sp³-hybridized carbons (Fsp3) is 1.00. The number of rotatable bonds is 7. The van der Waals surface area contributed by atoms with E-state index in [0.717, 1.165) is 17.9 Å². The van der Waals surface area contributed by atoms with E-state index in [9.17, 15) is 0 Å². The van der Waals surface area contributed by atoms with Gasteiger partial charge in [-0.3, -0.25) is 0 Å². The van der Waals surface area contributed by atoms with Crippen molar-refractivity contribution < 1.29 is 0 Å². The molecule has 0 amide bonds. The van der Waals surface area contributed by atoms with Crippen LogP contribution in [0.4, 0.5) is 0 Å². The number of nitrogens with one attached hydrogen (secondary N) is 1. The van der Waals surface area contributed by atoms with Crippen LogP contribution in [0, 0.1) is 17.3 Å². The molecule has 1 aliphatic carbocycles. The average molecular weight is 266 g/mol. The van der Waals surface area contributed by atoms with Crippen LogP contribution in [-0.4, -0.2) is 37.1 Å². The van der Waals surface area contributed by atoms with Crippen molar-refractivity contribution >= 4 is 0 Å². The summed E-state index contributed by atoms with van der Waals surface area (Å²) in [6, 6.07) is 0.844. The van der Waals surface area contributed by atoms with E-state index in [1.54, 1.807) is 0 Å². The minimum absolute atomic E-state index is 0.499. The van der Waals surface area contributed by atoms with Crippen LogP contribution in [0.2, 0.25) is 0 Å². The first-order chi connectivity index (χ1) is 9.07. The van der Waals surface area contributed by atoms with Crippen LogP contribution < -0.4 is 5.32 Å². The first-order valence-electron chi connectivity index (χ1n) is 8.52. The van der Waals surface area contributed by atoms with Crippen molar-refractivity contribution in [3.8, 4) is 0 Å². The minimum atomic E-state index is 0.499. The van der Waals surface area contributed by atoms with Gasteiger partial charge >= 0.3 is 0 Å². The molecule has 0 bridgehead atoms. The van der Waals surface area contributed by atoms with Gasteiger partial charge in [-0.2, -0.15) is 0 Å². The zero-order valence-corrected chi connectivity index (χ0v) is 13.5. The second-order valence-corrected chi connectivity index (χ2v) is 7.50. The maximum atomic E-state index is 3.78. The van der Waals surface area contributed by atoms with Crippen molar-refractivity contribution in [1.82, 2.24) is 10.2 Å². The Labute approximate surface area is 120 Å². The number of nitrogens with zero attached hydrogens (tertiary/aromatic N) is 1. The van der Waals surface area contributed by atoms with Crippen LogP contribution in [0.3, 0.4) is 0 Å². The Hall–Kier alpha value is -0.0800. The summed E-state index contributed by atoms with van der Waals surface area (Å²) in [6.45, 7) is 14.8. The van der Waals surface area contributed by atoms with Gasteiger partial charge in [0.2, 0.25) is 0 Å². The standard InChI is InChI=1S/C17H34N2/c1-5-17(6-2,12-18-16-7-8-16)13-19-10-14(3)9-15(4)11-19/h14-16,18H,5-13H2,1-4H3. The second kappa shape index (κ2) is 6.58. The summed E-state index contributed by atoms with van der Waals surface area (Å²) in [7, 11) is 0. The van der Waals surface area contributed by atoms with Crippen molar-refractivity contribution in [1.29, 1.82) is 0 Å². The van der Waals surface area contributed by atoms with Gasteiger partial charge in [0.1, 0.15) is 0 Å². The molecule has 19 heavy (non-hydrogen) atoms. The molecule has 0 radical (unpaired) electrons. The van der Waals surface area contributed by atoms with E-state index in [1.807, 2.05) is 0 Å². The highest BCUT2D eigenvalue weighted by Gasteiger charge is 2.33. The van der Waals surface area contributed by atoms with Crippen molar-refractivity contribution in [2.45, 2.75) is 65.8 Å². The average Bonchev–Trinajstić information content (AvgIpc) is 3.17. The molecule has 2 aliphatic rings. The monoisotopic (exact) mass is 266 g/mol. The van der Waals surface area contributed by atoms with Crippen LogP contribution in [0.15, 0.2) is 0 Å². The predicted octanol–water partition coefficient (Wildman–Crippen LogP) is 3.52. The molecule has 0 spiro atoms. The Kier molecular flexibility index (Phi) is 5.30. The van der Waals surface area contributed by atoms with E-state index in [4.69, 9.17) is 0 Å². The molecule has 0 aromatic carbocycles. The van der Waals surface area contributed by atoms with Gasteiger partial charge in [-0.05, 0) is 49.4 Å². The topological polar surface area (TPSA) is 15.3 Å². The number of piperidine rings is 1. The van der Waals surface area contributed by atoms with Crippen LogP contribution in [0.25, 0.3) is 0 Å². The zero-order chi connectivity index (χ0) is 13.9. The van der Waals surface area contributed by atoms with Crippen molar-refractivity contribution in [2.24, 2.45) is 17.3 Å². The SMILES string of the molecule is CCC(CC)(CNC1CC1)CN1CC(C)CC(C)C1. The predicted molar refractivity (Wildman–Crippen MR) is 83.4 cm³/mol. The smallest absolute Gasteiger partial charge is 0.00684 e. The molecule has 1 saturated heterocycles. The van der Waals surface area contributed by atoms with E-state index >= 15 is 0 Å². The summed E-state index contributed by atoms with van der Waals surface area (Å²) >= 11 is 0. The highest BCUT2D eigenvalue weighted by atomic mass is 15.1. The summed E-state index contributed by atoms with van der Waals surface area (Å²) < 4.78 is 0. The van der Waals surface area contributed by atoms with Gasteiger partial charge in [0, 0.05) is 32.2 Å². The largest absolute Gasteiger partial charge is 0.313 e. The van der Waals surface area contributed by atoms with Crippen LogP contribution in [0.5, 0.6) is 0 Å². The third kappa shape index (κ3) is 4.46. The molecular weight excluding hydrogens is 232 g/mol. The van der Waals surface area contributed by atoms with Crippen LogP contribution in [-0.2, 0) is 0 Å². The first-order valence-corrected chi connectivity index (χ1v) is 8.52. The molecular formula is C17H34N2. The summed E-state index contributed by atoms with van der Waals surface area (Å²) in [5, 5.41) is 3.78. The highest BCUT2D eigenvalue weighted by molar-refractivity contribution is 4.89. The molecule has 1 heterocycles. The van der Waals surface area contributed by atoms with E-state index in [1.165, 1.54) is 58.3 Å². The zero-order valence-electron chi connectivity index (χ0n) is 13.5. The van der Waals surface area contributed by atoms with Crippen LogP contribution >= 0.6 is 0 Å². The van der Waals surface area contributed by atoms with E-state index in [0.29, 0.717) is 5.41 Å². The summed E-state index contributed by atoms with van der Waals surface area (Å²) in [5.74, 6) is 1.76. The number of hydrogen-bond donors (Lipinski definition) is 1. The molecule has 112 valence electrons. The Morgan fingerprint density at radius 3 is 2.11 bits per heavy atom. The third-order valence-corrected chi connectivity index (χ3v) is 5.35. The minimum Gasteiger partial charge on any atom is -0.313 e. The van der Waals surface area contributed by atoms with Gasteiger partial charge in [0.05, 0.1) is 0 Å². The lowest BCUT2D eigenvalue weighted by Crippen LogP contribution is -2.48. The van der Waals surface area contributed by atoms with Crippen LogP contribution in [0.1, 0.15) is 59.8 Å². The summed E-state index contributed by atoms with van der Waals surface area (Å²) in [5.41, 5.74) is 0.499. The van der Waals surface area contributed by atoms with E-state index < -0.39 is 0 Å². The normalized spacial score (nSPS) is 29.7. The Balaban J connectivity index is 1.89. The third-order valence-electron chi connectivity index (χ3n) is 5.35.